The molecule has 1 aliphatic rings. The van der Waals surface area contributed by atoms with Crippen molar-refractivity contribution < 1.29 is 26.9 Å². The van der Waals surface area contributed by atoms with Crippen LogP contribution in [0, 0.1) is 5.82 Å². The van der Waals surface area contributed by atoms with Crippen LogP contribution in [0.3, 0.4) is 0 Å². The number of aromatic amines is 1. The molecule has 0 radical (unpaired) electrons. The van der Waals surface area contributed by atoms with Gasteiger partial charge in [0.1, 0.15) is 11.9 Å². The number of nitrogens with one attached hydrogen (secondary N) is 1. The predicted molar refractivity (Wildman–Crippen MR) is 130 cm³/mol. The number of amides is 1. The number of carbonyl (C=O) groups excluding carboxylic acids is 1. The van der Waals surface area contributed by atoms with Crippen molar-refractivity contribution >= 4 is 27.6 Å². The minimum atomic E-state index is -4.05. The zero-order valence-electron chi connectivity index (χ0n) is 19.1. The van der Waals surface area contributed by atoms with E-state index in [2.05, 4.69) is 10.2 Å². The van der Waals surface area contributed by atoms with Crippen LogP contribution < -0.4 is 5.43 Å². The Morgan fingerprint density at radius 3 is 2.64 bits per heavy atom. The van der Waals surface area contributed by atoms with E-state index in [-0.39, 0.29) is 6.54 Å². The Labute approximate surface area is 211 Å². The van der Waals surface area contributed by atoms with Gasteiger partial charge in [-0.3, -0.25) is 18.9 Å². The second-order valence-corrected chi connectivity index (χ2v) is 10.5. The number of carbonyl (C=O) groups is 1. The highest BCUT2D eigenvalue weighted by molar-refractivity contribution is 7.86. The number of nitrogens with zero attached hydrogens (tertiary/aromatic N) is 2. The molecule has 3 atom stereocenters. The van der Waals surface area contributed by atoms with Gasteiger partial charge >= 0.3 is 0 Å². The molecule has 0 bridgehead atoms. The largest absolute Gasteiger partial charge is 0.503 e. The lowest BCUT2D eigenvalue weighted by Gasteiger charge is -2.36. The van der Waals surface area contributed by atoms with Crippen LogP contribution in [0.4, 0.5) is 4.39 Å². The Balaban J connectivity index is 1.84. The van der Waals surface area contributed by atoms with Crippen LogP contribution in [-0.4, -0.2) is 59.5 Å². The van der Waals surface area contributed by atoms with Crippen LogP contribution in [0.15, 0.2) is 59.5 Å². The second-order valence-electron chi connectivity index (χ2n) is 8.51. The van der Waals surface area contributed by atoms with E-state index in [4.69, 9.17) is 15.8 Å². The van der Waals surface area contributed by atoms with Gasteiger partial charge in [0.25, 0.3) is 21.5 Å². The molecule has 12 heteroatoms. The topological polar surface area (TPSA) is 130 Å². The zero-order chi connectivity index (χ0) is 26.0. The highest BCUT2D eigenvalue weighted by atomic mass is 35.5. The first-order chi connectivity index (χ1) is 17.0. The number of aromatic nitrogens is 2. The Kier molecular flexibility index (Phi) is 7.43. The first kappa shape index (κ1) is 25.8. The van der Waals surface area contributed by atoms with E-state index in [0.29, 0.717) is 29.0 Å². The van der Waals surface area contributed by atoms with Crippen LogP contribution in [0.5, 0.6) is 5.75 Å². The molecule has 3 aromatic rings. The van der Waals surface area contributed by atoms with E-state index in [1.807, 2.05) is 0 Å². The Hall–Kier alpha value is -3.28. The molecule has 9 nitrogen and oxygen atoms in total. The van der Waals surface area contributed by atoms with Crippen LogP contribution in [0.1, 0.15) is 40.4 Å². The fraction of sp³-hybridized carbons (Fsp3) is 0.292. The zero-order valence-corrected chi connectivity index (χ0v) is 20.7. The summed E-state index contributed by atoms with van der Waals surface area (Å²) in [5, 5.41) is 16.2. The number of H-pyrrole nitrogens is 1. The molecule has 4 rings (SSSR count). The number of aromatic hydroxyl groups is 1. The molecule has 190 valence electrons. The van der Waals surface area contributed by atoms with E-state index < -0.39 is 56.8 Å². The Bertz CT molecular complexity index is 1430. The number of benzene rings is 2. The smallest absolute Gasteiger partial charge is 0.278 e. The van der Waals surface area contributed by atoms with Crippen molar-refractivity contribution in [2.24, 2.45) is 0 Å². The van der Waals surface area contributed by atoms with Crippen LogP contribution in [-0.2, 0) is 14.3 Å². The van der Waals surface area contributed by atoms with Gasteiger partial charge < -0.3 is 10.0 Å². The third-order valence-corrected chi connectivity index (χ3v) is 6.84. The lowest BCUT2D eigenvalue weighted by atomic mass is 9.82. The summed E-state index contributed by atoms with van der Waals surface area (Å²) in [6, 6.07) is 11.5. The summed E-state index contributed by atoms with van der Waals surface area (Å²) < 4.78 is 44.7. The van der Waals surface area contributed by atoms with Crippen molar-refractivity contribution in [3.05, 3.63) is 92.6 Å². The number of rotatable bonds is 7. The van der Waals surface area contributed by atoms with Crippen molar-refractivity contribution in [2.45, 2.75) is 30.9 Å². The number of hydrogen-bond acceptors (Lipinski definition) is 7. The van der Waals surface area contributed by atoms with Crippen molar-refractivity contribution in [1.82, 2.24) is 15.1 Å². The summed E-state index contributed by atoms with van der Waals surface area (Å²) in [7, 11) is -4.05. The lowest BCUT2D eigenvalue weighted by molar-refractivity contribution is 0.0528. The van der Waals surface area contributed by atoms with Gasteiger partial charge in [0.15, 0.2) is 11.4 Å². The monoisotopic (exact) mass is 535 g/mol. The van der Waals surface area contributed by atoms with E-state index in [1.165, 1.54) is 23.1 Å². The highest BCUT2D eigenvalue weighted by Gasteiger charge is 2.43. The van der Waals surface area contributed by atoms with E-state index in [9.17, 15) is 27.5 Å². The number of hydrogen-bond donors (Lipinski definition) is 2. The summed E-state index contributed by atoms with van der Waals surface area (Å²) in [6.07, 6.45) is 1.52. The maximum absolute atomic E-state index is 14.3. The third kappa shape index (κ3) is 5.58. The molecular formula is C24H23ClFN3O6S. The summed E-state index contributed by atoms with van der Waals surface area (Å²) in [5.74, 6) is -2.81. The maximum Gasteiger partial charge on any atom is 0.278 e. The molecule has 2 N–H and O–H groups in total. The maximum atomic E-state index is 14.3. The molecule has 0 saturated carbocycles. The van der Waals surface area contributed by atoms with E-state index >= 15 is 0 Å². The van der Waals surface area contributed by atoms with Gasteiger partial charge in [0, 0.05) is 17.5 Å². The number of halogens is 2. The molecule has 2 aromatic carbocycles. The first-order valence-corrected chi connectivity index (χ1v) is 13.2. The highest BCUT2D eigenvalue weighted by Crippen LogP contribution is 2.38. The molecule has 1 aliphatic heterocycles. The van der Waals surface area contributed by atoms with Crippen molar-refractivity contribution in [3.63, 3.8) is 0 Å². The average Bonchev–Trinajstić information content (AvgIpc) is 3.30. The minimum absolute atomic E-state index is 0.195. The molecule has 1 fully saturated rings. The van der Waals surface area contributed by atoms with E-state index in [1.54, 1.807) is 30.3 Å². The molecule has 0 unspecified atom stereocenters. The summed E-state index contributed by atoms with van der Waals surface area (Å²) in [4.78, 5) is 27.0. The van der Waals surface area contributed by atoms with Gasteiger partial charge in [0.2, 0.25) is 0 Å². The summed E-state index contributed by atoms with van der Waals surface area (Å²) in [6.45, 7) is 0.195. The predicted octanol–water partition coefficient (Wildman–Crippen LogP) is 3.05. The minimum Gasteiger partial charge on any atom is -0.503 e. The lowest BCUT2D eigenvalue weighted by Crippen LogP contribution is -2.48. The second kappa shape index (κ2) is 10.4. The van der Waals surface area contributed by atoms with Crippen LogP contribution >= 0.6 is 11.6 Å². The standard InChI is InChI=1S/C24H23ClFN3O6S/c1-36(33,34)35-23(18-6-3-11-29(18)24(32)21-22(31)19(30)13-27-28-21)20(14-7-9-16(25)10-8-14)15-4-2-5-17(26)12-15/h2,4-5,7-10,12-13,18,20,23H,3,6,11H2,1H3,(H,27,31)(H,28,30)/t18-,20+,23+/m1/s1. The fourth-order valence-corrected chi connectivity index (χ4v) is 5.32. The normalized spacial score (nSPS) is 17.6. The molecule has 1 saturated heterocycles. The Morgan fingerprint density at radius 1 is 1.25 bits per heavy atom. The SMILES string of the molecule is CS(=O)(=O)O[C@H]([C@@H](c1ccc(Cl)cc1)c1cccc(F)c1)[C@H]1CCCN1C(=O)c1n[nH]cc(O)c1=O. The van der Waals surface area contributed by atoms with Crippen molar-refractivity contribution in [1.29, 1.82) is 0 Å². The summed E-state index contributed by atoms with van der Waals surface area (Å²) >= 11 is 6.06. The van der Waals surface area contributed by atoms with Gasteiger partial charge in [-0.1, -0.05) is 35.9 Å². The fourth-order valence-electron chi connectivity index (χ4n) is 4.55. The van der Waals surface area contributed by atoms with Crippen molar-refractivity contribution in [2.75, 3.05) is 12.8 Å². The molecule has 1 aromatic heterocycles. The molecule has 0 aliphatic carbocycles. The van der Waals surface area contributed by atoms with Crippen LogP contribution in [0.25, 0.3) is 0 Å². The van der Waals surface area contributed by atoms with Gasteiger partial charge in [0.05, 0.1) is 18.5 Å². The molecule has 0 spiro atoms. The molecule has 36 heavy (non-hydrogen) atoms. The van der Waals surface area contributed by atoms with E-state index in [0.717, 1.165) is 12.5 Å². The third-order valence-electron chi connectivity index (χ3n) is 6.02. The molecule has 2 heterocycles. The summed E-state index contributed by atoms with van der Waals surface area (Å²) in [5.41, 5.74) is -0.469. The number of likely N-dealkylation sites (tertiary alicyclic amines) is 1. The quantitative estimate of drug-likeness (QED) is 0.445. The van der Waals surface area contributed by atoms with Gasteiger partial charge in [-0.25, -0.2) is 4.39 Å². The van der Waals surface area contributed by atoms with Crippen molar-refractivity contribution in [3.8, 4) is 5.75 Å². The molecule has 1 amide bonds. The Morgan fingerprint density at radius 2 is 1.97 bits per heavy atom. The van der Waals surface area contributed by atoms with Gasteiger partial charge in [-0.05, 0) is 48.2 Å². The van der Waals surface area contributed by atoms with Gasteiger partial charge in [-0.15, -0.1) is 0 Å². The van der Waals surface area contributed by atoms with Crippen LogP contribution in [0.2, 0.25) is 5.02 Å². The first-order valence-electron chi connectivity index (χ1n) is 11.0. The molecular weight excluding hydrogens is 513 g/mol. The average molecular weight is 536 g/mol. The van der Waals surface area contributed by atoms with Gasteiger partial charge in [-0.2, -0.15) is 13.5 Å².